The molecule has 0 fully saturated rings. The maximum atomic E-state index is 12.1. The number of rotatable bonds is 2. The molecule has 2 aromatic heterocycles. The van der Waals surface area contributed by atoms with E-state index in [2.05, 4.69) is 6.07 Å². The number of allylic oxidation sites excluding steroid dienone is 1. The van der Waals surface area contributed by atoms with Gasteiger partial charge in [0.15, 0.2) is 5.75 Å². The SMILES string of the molecule is COC(=O)c1c(C)sc2c1OC(N)=C(C#N)C2c1sccc1C. The van der Waals surface area contributed by atoms with Crippen LogP contribution in [0.2, 0.25) is 0 Å². The molecule has 23 heavy (non-hydrogen) atoms. The van der Waals surface area contributed by atoms with E-state index in [9.17, 15) is 10.1 Å². The molecule has 5 nitrogen and oxygen atoms in total. The number of thiophene rings is 2. The van der Waals surface area contributed by atoms with Crippen molar-refractivity contribution in [3.05, 3.63) is 48.7 Å². The minimum Gasteiger partial charge on any atom is -0.465 e. The van der Waals surface area contributed by atoms with E-state index in [1.807, 2.05) is 25.3 Å². The van der Waals surface area contributed by atoms with Crippen LogP contribution in [0, 0.1) is 25.2 Å². The zero-order valence-electron chi connectivity index (χ0n) is 12.8. The van der Waals surface area contributed by atoms with Gasteiger partial charge in [0.25, 0.3) is 0 Å². The number of ether oxygens (including phenoxy) is 2. The van der Waals surface area contributed by atoms with Crippen molar-refractivity contribution in [2.45, 2.75) is 19.8 Å². The summed E-state index contributed by atoms with van der Waals surface area (Å²) in [5, 5.41) is 11.5. The standard InChI is InChI=1S/C16H14N2O3S2/c1-7-4-5-22-13(7)11-9(6-17)15(18)21-12-10(16(19)20-3)8(2)23-14(11)12/h4-5,11H,18H2,1-3H3. The fraction of sp³-hybridized carbons (Fsp3) is 0.250. The number of nitrogens with zero attached hydrogens (tertiary/aromatic N) is 1. The molecular weight excluding hydrogens is 332 g/mol. The lowest BCUT2D eigenvalue weighted by molar-refractivity contribution is 0.0597. The van der Waals surface area contributed by atoms with Crippen molar-refractivity contribution in [2.24, 2.45) is 5.73 Å². The molecule has 0 spiro atoms. The Morgan fingerprint density at radius 1 is 1.43 bits per heavy atom. The van der Waals surface area contributed by atoms with Crippen LogP contribution in [-0.2, 0) is 4.74 Å². The summed E-state index contributed by atoms with van der Waals surface area (Å²) in [5.74, 6) is -0.310. The normalized spacial score (nSPS) is 16.5. The number of carbonyl (C=O) groups is 1. The molecule has 7 heteroatoms. The van der Waals surface area contributed by atoms with Crippen molar-refractivity contribution in [1.29, 1.82) is 5.26 Å². The maximum absolute atomic E-state index is 12.1. The van der Waals surface area contributed by atoms with Gasteiger partial charge in [-0.25, -0.2) is 4.79 Å². The van der Waals surface area contributed by atoms with Crippen LogP contribution >= 0.6 is 22.7 Å². The molecule has 1 unspecified atom stereocenters. The van der Waals surface area contributed by atoms with Gasteiger partial charge in [0.2, 0.25) is 5.88 Å². The summed E-state index contributed by atoms with van der Waals surface area (Å²) >= 11 is 3.00. The largest absolute Gasteiger partial charge is 0.465 e. The molecule has 3 rings (SSSR count). The van der Waals surface area contributed by atoms with Gasteiger partial charge in [-0.2, -0.15) is 5.26 Å². The summed E-state index contributed by atoms with van der Waals surface area (Å²) in [7, 11) is 1.33. The lowest BCUT2D eigenvalue weighted by Gasteiger charge is -2.23. The highest BCUT2D eigenvalue weighted by atomic mass is 32.1. The van der Waals surface area contributed by atoms with Gasteiger partial charge in [0.1, 0.15) is 17.2 Å². The Bertz CT molecular complexity index is 871. The lowest BCUT2D eigenvalue weighted by atomic mass is 9.92. The van der Waals surface area contributed by atoms with Crippen molar-refractivity contribution in [1.82, 2.24) is 0 Å². The van der Waals surface area contributed by atoms with Crippen LogP contribution in [0.25, 0.3) is 0 Å². The molecule has 1 aliphatic rings. The van der Waals surface area contributed by atoms with Crippen LogP contribution in [0.15, 0.2) is 22.9 Å². The lowest BCUT2D eigenvalue weighted by Crippen LogP contribution is -2.21. The number of nitrogens with two attached hydrogens (primary N) is 1. The highest BCUT2D eigenvalue weighted by molar-refractivity contribution is 7.13. The topological polar surface area (TPSA) is 85.3 Å². The second-order valence-corrected chi connectivity index (χ2v) is 7.31. The fourth-order valence-electron chi connectivity index (χ4n) is 2.66. The van der Waals surface area contributed by atoms with E-state index in [0.29, 0.717) is 16.9 Å². The predicted molar refractivity (Wildman–Crippen MR) is 88.7 cm³/mol. The van der Waals surface area contributed by atoms with Crippen LogP contribution in [-0.4, -0.2) is 13.1 Å². The Kier molecular flexibility index (Phi) is 3.88. The van der Waals surface area contributed by atoms with Gasteiger partial charge >= 0.3 is 5.97 Å². The van der Waals surface area contributed by atoms with Crippen molar-refractivity contribution >= 4 is 28.6 Å². The number of hydrogen-bond acceptors (Lipinski definition) is 7. The van der Waals surface area contributed by atoms with E-state index in [4.69, 9.17) is 15.2 Å². The molecule has 0 aromatic carbocycles. The molecule has 118 valence electrons. The smallest absolute Gasteiger partial charge is 0.342 e. The molecule has 2 N–H and O–H groups in total. The zero-order chi connectivity index (χ0) is 16.7. The molecular formula is C16H14N2O3S2. The fourth-order valence-corrected chi connectivity index (χ4v) is 4.98. The molecule has 0 saturated heterocycles. The first-order valence-corrected chi connectivity index (χ1v) is 8.52. The number of hydrogen-bond donors (Lipinski definition) is 1. The molecule has 0 saturated carbocycles. The molecule has 0 aliphatic carbocycles. The monoisotopic (exact) mass is 346 g/mol. The quantitative estimate of drug-likeness (QED) is 0.842. The Balaban J connectivity index is 2.27. The van der Waals surface area contributed by atoms with Crippen molar-refractivity contribution in [2.75, 3.05) is 7.11 Å². The van der Waals surface area contributed by atoms with Gasteiger partial charge < -0.3 is 15.2 Å². The summed E-state index contributed by atoms with van der Waals surface area (Å²) < 4.78 is 10.5. The molecule has 0 radical (unpaired) electrons. The molecule has 1 aliphatic heterocycles. The highest BCUT2D eigenvalue weighted by Gasteiger charge is 2.38. The number of esters is 1. The number of fused-ring (bicyclic) bond motifs is 1. The third-order valence-corrected chi connectivity index (χ3v) is 6.00. The minimum atomic E-state index is -0.463. The first kappa shape index (κ1) is 15.6. The summed E-state index contributed by atoms with van der Waals surface area (Å²) in [5.41, 5.74) is 7.80. The van der Waals surface area contributed by atoms with Crippen LogP contribution < -0.4 is 10.5 Å². The number of methoxy groups -OCH3 is 1. The van der Waals surface area contributed by atoms with E-state index in [1.165, 1.54) is 18.4 Å². The van der Waals surface area contributed by atoms with Crippen molar-refractivity contribution in [3.8, 4) is 11.8 Å². The summed E-state index contributed by atoms with van der Waals surface area (Å²) in [4.78, 5) is 14.7. The number of carbonyl (C=O) groups excluding carboxylic acids is 1. The van der Waals surface area contributed by atoms with Crippen molar-refractivity contribution in [3.63, 3.8) is 0 Å². The third-order valence-electron chi connectivity index (χ3n) is 3.77. The van der Waals surface area contributed by atoms with Crippen LogP contribution in [0.1, 0.15) is 36.5 Å². The number of aryl methyl sites for hydroxylation is 2. The first-order chi connectivity index (χ1) is 11.0. The Labute approximate surface area is 141 Å². The van der Waals surface area contributed by atoms with E-state index < -0.39 is 5.97 Å². The average Bonchev–Trinajstić information content (AvgIpc) is 3.08. The average molecular weight is 346 g/mol. The van der Waals surface area contributed by atoms with E-state index >= 15 is 0 Å². The molecule has 1 atom stereocenters. The maximum Gasteiger partial charge on any atom is 0.342 e. The Morgan fingerprint density at radius 3 is 2.74 bits per heavy atom. The predicted octanol–water partition coefficient (Wildman–Crippen LogP) is 3.43. The summed E-state index contributed by atoms with van der Waals surface area (Å²) in [6.07, 6.45) is 0. The minimum absolute atomic E-state index is 0.0424. The molecule has 2 aromatic rings. The van der Waals surface area contributed by atoms with E-state index in [-0.39, 0.29) is 11.8 Å². The van der Waals surface area contributed by atoms with E-state index in [0.717, 1.165) is 20.2 Å². The van der Waals surface area contributed by atoms with Crippen LogP contribution in [0.5, 0.6) is 5.75 Å². The van der Waals surface area contributed by atoms with E-state index in [1.54, 1.807) is 11.3 Å². The number of nitriles is 1. The van der Waals surface area contributed by atoms with Crippen LogP contribution in [0.3, 0.4) is 0 Å². The molecule has 0 bridgehead atoms. The molecule has 3 heterocycles. The van der Waals surface area contributed by atoms with Gasteiger partial charge in [0, 0.05) is 9.75 Å². The van der Waals surface area contributed by atoms with Crippen LogP contribution in [0.4, 0.5) is 0 Å². The van der Waals surface area contributed by atoms with Gasteiger partial charge in [0.05, 0.1) is 17.9 Å². The first-order valence-electron chi connectivity index (χ1n) is 6.82. The Hall–Kier alpha value is -2.30. The van der Waals surface area contributed by atoms with Gasteiger partial charge in [-0.1, -0.05) is 0 Å². The van der Waals surface area contributed by atoms with Gasteiger partial charge in [-0.05, 0) is 30.9 Å². The second-order valence-electron chi connectivity index (χ2n) is 5.11. The van der Waals surface area contributed by atoms with Gasteiger partial charge in [-0.15, -0.1) is 22.7 Å². The second kappa shape index (κ2) is 5.72. The summed E-state index contributed by atoms with van der Waals surface area (Å²) in [6, 6.07) is 4.16. The van der Waals surface area contributed by atoms with Crippen molar-refractivity contribution < 1.29 is 14.3 Å². The molecule has 0 amide bonds. The Morgan fingerprint density at radius 2 is 2.17 bits per heavy atom. The highest BCUT2D eigenvalue weighted by Crippen LogP contribution is 2.50. The third kappa shape index (κ3) is 2.31. The zero-order valence-corrected chi connectivity index (χ0v) is 14.4. The summed E-state index contributed by atoms with van der Waals surface area (Å²) in [6.45, 7) is 3.83. The van der Waals surface area contributed by atoms with Gasteiger partial charge in [-0.3, -0.25) is 0 Å².